The van der Waals surface area contributed by atoms with Gasteiger partial charge in [-0.3, -0.25) is 0 Å². The highest BCUT2D eigenvalue weighted by molar-refractivity contribution is 5.71. The Labute approximate surface area is 114 Å². The van der Waals surface area contributed by atoms with Gasteiger partial charge in [0, 0.05) is 6.54 Å². The van der Waals surface area contributed by atoms with Gasteiger partial charge in [-0.1, -0.05) is 12.1 Å². The van der Waals surface area contributed by atoms with E-state index in [1.54, 1.807) is 0 Å². The number of rotatable bonds is 4. The zero-order valence-corrected chi connectivity index (χ0v) is 12.4. The van der Waals surface area contributed by atoms with Crippen molar-refractivity contribution in [1.29, 1.82) is 0 Å². The van der Waals surface area contributed by atoms with E-state index in [0.29, 0.717) is 6.54 Å². The molecule has 0 saturated carbocycles. The van der Waals surface area contributed by atoms with Crippen molar-refractivity contribution in [3.63, 3.8) is 0 Å². The average Bonchev–Trinajstić information content (AvgIpc) is 2.25. The number of carbonyl (C=O) groups excluding carboxylic acids is 1. The molecular weight excluding hydrogens is 242 g/mol. The van der Waals surface area contributed by atoms with Crippen LogP contribution in [0.2, 0.25) is 0 Å². The smallest absolute Gasteiger partial charge is 0.344 e. The number of nitrogens with two attached hydrogens (primary N) is 1. The van der Waals surface area contributed by atoms with Crippen LogP contribution in [0.1, 0.15) is 37.5 Å². The lowest BCUT2D eigenvalue weighted by molar-refractivity contribution is -0.157. The largest absolute Gasteiger partial charge is 0.481 e. The van der Waals surface area contributed by atoms with Crippen LogP contribution in [0, 0.1) is 13.8 Å². The minimum atomic E-state index is -0.492. The summed E-state index contributed by atoms with van der Waals surface area (Å²) in [5.41, 5.74) is 8.13. The van der Waals surface area contributed by atoms with Crippen molar-refractivity contribution in [3.05, 3.63) is 28.8 Å². The molecule has 2 N–H and O–H groups in total. The molecule has 0 aliphatic carbocycles. The molecule has 0 aliphatic rings. The molecule has 0 spiro atoms. The van der Waals surface area contributed by atoms with Crippen molar-refractivity contribution in [2.75, 3.05) is 6.61 Å². The SMILES string of the molecule is Cc1cc(CN)cc(C)c1OCC(=O)OC(C)(C)C. The first-order valence-corrected chi connectivity index (χ1v) is 6.38. The highest BCUT2D eigenvalue weighted by Crippen LogP contribution is 2.24. The maximum Gasteiger partial charge on any atom is 0.344 e. The fourth-order valence-corrected chi connectivity index (χ4v) is 1.89. The minimum Gasteiger partial charge on any atom is -0.481 e. The molecule has 0 radical (unpaired) electrons. The van der Waals surface area contributed by atoms with Gasteiger partial charge in [0.15, 0.2) is 6.61 Å². The van der Waals surface area contributed by atoms with E-state index in [1.165, 1.54) is 0 Å². The molecule has 0 saturated heterocycles. The fourth-order valence-electron chi connectivity index (χ4n) is 1.89. The molecule has 0 atom stereocenters. The molecule has 0 heterocycles. The molecule has 4 heteroatoms. The summed E-state index contributed by atoms with van der Waals surface area (Å²) < 4.78 is 10.8. The summed E-state index contributed by atoms with van der Waals surface area (Å²) in [7, 11) is 0. The van der Waals surface area contributed by atoms with Crippen LogP contribution in [0.15, 0.2) is 12.1 Å². The zero-order chi connectivity index (χ0) is 14.6. The van der Waals surface area contributed by atoms with Crippen LogP contribution >= 0.6 is 0 Å². The Kier molecular flexibility index (Phi) is 4.95. The number of esters is 1. The predicted octanol–water partition coefficient (Wildman–Crippen LogP) is 2.48. The van der Waals surface area contributed by atoms with Crippen LogP contribution < -0.4 is 10.5 Å². The summed E-state index contributed by atoms with van der Waals surface area (Å²) in [5, 5.41) is 0. The lowest BCUT2D eigenvalue weighted by Gasteiger charge is -2.20. The monoisotopic (exact) mass is 265 g/mol. The summed E-state index contributed by atoms with van der Waals surface area (Å²) in [6.07, 6.45) is 0. The molecule has 4 nitrogen and oxygen atoms in total. The van der Waals surface area contributed by atoms with Gasteiger partial charge in [0.1, 0.15) is 11.4 Å². The first-order chi connectivity index (χ1) is 8.73. The third-order valence-corrected chi connectivity index (χ3v) is 2.51. The summed E-state index contributed by atoms with van der Waals surface area (Å²) in [6.45, 7) is 9.79. The van der Waals surface area contributed by atoms with Crippen molar-refractivity contribution in [2.24, 2.45) is 5.73 Å². The topological polar surface area (TPSA) is 61.5 Å². The molecule has 0 fully saturated rings. The Morgan fingerprint density at radius 3 is 2.16 bits per heavy atom. The average molecular weight is 265 g/mol. The molecule has 106 valence electrons. The number of hydrogen-bond donors (Lipinski definition) is 1. The summed E-state index contributed by atoms with van der Waals surface area (Å²) in [4.78, 5) is 11.6. The van der Waals surface area contributed by atoms with E-state index in [1.807, 2.05) is 46.8 Å². The molecule has 0 bridgehead atoms. The molecule has 0 aliphatic heterocycles. The Balaban J connectivity index is 2.71. The van der Waals surface area contributed by atoms with Crippen molar-refractivity contribution in [3.8, 4) is 5.75 Å². The van der Waals surface area contributed by atoms with Gasteiger partial charge in [-0.25, -0.2) is 4.79 Å². The minimum absolute atomic E-state index is 0.0824. The van der Waals surface area contributed by atoms with E-state index in [0.717, 1.165) is 22.4 Å². The maximum absolute atomic E-state index is 11.6. The second-order valence-electron chi connectivity index (χ2n) is 5.64. The van der Waals surface area contributed by atoms with Crippen LogP contribution in [-0.4, -0.2) is 18.2 Å². The molecule has 19 heavy (non-hydrogen) atoms. The molecule has 0 amide bonds. The van der Waals surface area contributed by atoms with E-state index < -0.39 is 5.60 Å². The number of aryl methyl sites for hydroxylation is 2. The van der Waals surface area contributed by atoms with Gasteiger partial charge in [0.25, 0.3) is 0 Å². The lowest BCUT2D eigenvalue weighted by Crippen LogP contribution is -2.27. The first-order valence-electron chi connectivity index (χ1n) is 6.38. The van der Waals surface area contributed by atoms with Crippen molar-refractivity contribution >= 4 is 5.97 Å². The van der Waals surface area contributed by atoms with Gasteiger partial charge in [-0.2, -0.15) is 0 Å². The molecule has 1 aromatic carbocycles. The van der Waals surface area contributed by atoms with E-state index >= 15 is 0 Å². The quantitative estimate of drug-likeness (QED) is 0.850. The molecule has 0 aromatic heterocycles. The van der Waals surface area contributed by atoms with E-state index in [9.17, 15) is 4.79 Å². The first kappa shape index (κ1) is 15.5. The van der Waals surface area contributed by atoms with Crippen LogP contribution in [0.4, 0.5) is 0 Å². The van der Waals surface area contributed by atoms with Crippen molar-refractivity contribution in [2.45, 2.75) is 46.8 Å². The predicted molar refractivity (Wildman–Crippen MR) is 75.1 cm³/mol. The van der Waals surface area contributed by atoms with Gasteiger partial charge < -0.3 is 15.2 Å². The number of carbonyl (C=O) groups is 1. The van der Waals surface area contributed by atoms with Gasteiger partial charge in [-0.15, -0.1) is 0 Å². The Hall–Kier alpha value is -1.55. The second-order valence-corrected chi connectivity index (χ2v) is 5.64. The maximum atomic E-state index is 11.6. The Morgan fingerprint density at radius 1 is 1.21 bits per heavy atom. The lowest BCUT2D eigenvalue weighted by atomic mass is 10.1. The van der Waals surface area contributed by atoms with E-state index in [-0.39, 0.29) is 12.6 Å². The highest BCUT2D eigenvalue weighted by Gasteiger charge is 2.17. The molecule has 1 rings (SSSR count). The third-order valence-electron chi connectivity index (χ3n) is 2.51. The van der Waals surface area contributed by atoms with Crippen LogP contribution in [0.5, 0.6) is 5.75 Å². The van der Waals surface area contributed by atoms with Crippen LogP contribution in [0.25, 0.3) is 0 Å². The number of ether oxygens (including phenoxy) is 2. The summed E-state index contributed by atoms with van der Waals surface area (Å²) in [5.74, 6) is 0.359. The number of hydrogen-bond acceptors (Lipinski definition) is 4. The van der Waals surface area contributed by atoms with Gasteiger partial charge in [0.05, 0.1) is 0 Å². The van der Waals surface area contributed by atoms with Gasteiger partial charge >= 0.3 is 5.97 Å². The van der Waals surface area contributed by atoms with Crippen molar-refractivity contribution < 1.29 is 14.3 Å². The van der Waals surface area contributed by atoms with Crippen LogP contribution in [-0.2, 0) is 16.1 Å². The molecule has 1 aromatic rings. The van der Waals surface area contributed by atoms with Crippen molar-refractivity contribution in [1.82, 2.24) is 0 Å². The third kappa shape index (κ3) is 4.91. The fraction of sp³-hybridized carbons (Fsp3) is 0.533. The summed E-state index contributed by atoms with van der Waals surface area (Å²) in [6, 6.07) is 3.94. The Morgan fingerprint density at radius 2 is 1.74 bits per heavy atom. The standard InChI is InChI=1S/C15H23NO3/c1-10-6-12(8-16)7-11(2)14(10)18-9-13(17)19-15(3,4)5/h6-7H,8-9,16H2,1-5H3. The normalized spacial score (nSPS) is 11.3. The Bertz CT molecular complexity index is 438. The highest BCUT2D eigenvalue weighted by atomic mass is 16.6. The molecular formula is C15H23NO3. The molecule has 0 unspecified atom stereocenters. The van der Waals surface area contributed by atoms with E-state index in [2.05, 4.69) is 0 Å². The number of benzene rings is 1. The van der Waals surface area contributed by atoms with E-state index in [4.69, 9.17) is 15.2 Å². The summed E-state index contributed by atoms with van der Waals surface area (Å²) >= 11 is 0. The zero-order valence-electron chi connectivity index (χ0n) is 12.4. The van der Waals surface area contributed by atoms with Gasteiger partial charge in [0.2, 0.25) is 0 Å². The van der Waals surface area contributed by atoms with Gasteiger partial charge in [-0.05, 0) is 51.3 Å². The van der Waals surface area contributed by atoms with Crippen LogP contribution in [0.3, 0.4) is 0 Å². The second kappa shape index (κ2) is 6.06.